The van der Waals surface area contributed by atoms with Crippen molar-refractivity contribution < 1.29 is 9.47 Å². The smallest absolute Gasteiger partial charge is 0.125 e. The zero-order chi connectivity index (χ0) is 26.7. The molecule has 0 radical (unpaired) electrons. The molecule has 0 aliphatic rings. The first kappa shape index (κ1) is 27.3. The van der Waals surface area contributed by atoms with E-state index < -0.39 is 0 Å². The van der Waals surface area contributed by atoms with E-state index in [2.05, 4.69) is 117 Å². The van der Waals surface area contributed by atoms with Crippen LogP contribution in [-0.2, 0) is 10.8 Å². The van der Waals surface area contributed by atoms with Gasteiger partial charge in [0.1, 0.15) is 24.7 Å². The van der Waals surface area contributed by atoms with Crippen molar-refractivity contribution in [3.8, 4) is 11.5 Å². The summed E-state index contributed by atoms with van der Waals surface area (Å²) in [6, 6.07) is 18.2. The summed E-state index contributed by atoms with van der Waals surface area (Å²) in [5.41, 5.74) is 9.52. The highest BCUT2D eigenvalue weighted by atomic mass is 16.5. The van der Waals surface area contributed by atoms with Crippen molar-refractivity contribution in [2.24, 2.45) is 0 Å². The molecule has 0 saturated carbocycles. The fraction of sp³-hybridized carbons (Fsp3) is 0.353. The van der Waals surface area contributed by atoms with Gasteiger partial charge in [-0.15, -0.1) is 0 Å². The fourth-order valence-electron chi connectivity index (χ4n) is 5.00. The van der Waals surface area contributed by atoms with Crippen molar-refractivity contribution in [2.75, 3.05) is 13.2 Å². The summed E-state index contributed by atoms with van der Waals surface area (Å²) in [6.07, 6.45) is 3.57. The number of ether oxygens (including phenoxy) is 2. The number of rotatable bonds is 10. The highest BCUT2D eigenvalue weighted by molar-refractivity contribution is 5.51. The number of hydrogen-bond donors (Lipinski definition) is 0. The van der Waals surface area contributed by atoms with Gasteiger partial charge in [-0.05, 0) is 72.2 Å². The average Bonchev–Trinajstić information content (AvgIpc) is 2.83. The molecule has 0 saturated heterocycles. The van der Waals surface area contributed by atoms with E-state index in [1.165, 1.54) is 22.3 Å². The molecule has 190 valence electrons. The van der Waals surface area contributed by atoms with Crippen molar-refractivity contribution in [1.82, 2.24) is 0 Å². The van der Waals surface area contributed by atoms with Gasteiger partial charge in [-0.25, -0.2) is 0 Å². The topological polar surface area (TPSA) is 18.5 Å². The maximum atomic E-state index is 5.90. The Labute approximate surface area is 218 Å². The molecule has 0 spiro atoms. The van der Waals surface area contributed by atoms with Gasteiger partial charge in [0, 0.05) is 10.8 Å². The second-order valence-corrected chi connectivity index (χ2v) is 10.9. The minimum Gasteiger partial charge on any atom is -0.489 e. The number of hydrogen-bond acceptors (Lipinski definition) is 2. The average molecular weight is 483 g/mol. The highest BCUT2D eigenvalue weighted by Gasteiger charge is 2.28. The summed E-state index contributed by atoms with van der Waals surface area (Å²) in [4.78, 5) is 0. The van der Waals surface area contributed by atoms with Crippen LogP contribution in [0.5, 0.6) is 11.5 Å². The lowest BCUT2D eigenvalue weighted by atomic mass is 9.74. The van der Waals surface area contributed by atoms with Gasteiger partial charge >= 0.3 is 0 Å². The zero-order valence-electron chi connectivity index (χ0n) is 23.4. The molecule has 0 aromatic heterocycles. The summed E-state index contributed by atoms with van der Waals surface area (Å²) < 4.78 is 11.8. The van der Waals surface area contributed by atoms with Crippen LogP contribution in [-0.4, -0.2) is 13.2 Å². The summed E-state index contributed by atoms with van der Waals surface area (Å²) >= 11 is 0. The molecule has 3 rings (SSSR count). The minimum absolute atomic E-state index is 0.132. The van der Waals surface area contributed by atoms with Crippen LogP contribution in [0.1, 0.15) is 72.2 Å². The molecule has 0 aliphatic carbocycles. The predicted octanol–water partition coefficient (Wildman–Crippen LogP) is 8.70. The molecule has 3 aromatic rings. The van der Waals surface area contributed by atoms with Crippen LogP contribution < -0.4 is 9.47 Å². The maximum Gasteiger partial charge on any atom is 0.125 e. The Morgan fingerprint density at radius 2 is 0.833 bits per heavy atom. The Morgan fingerprint density at radius 3 is 1.08 bits per heavy atom. The first-order valence-electron chi connectivity index (χ1n) is 12.7. The van der Waals surface area contributed by atoms with E-state index in [-0.39, 0.29) is 10.8 Å². The maximum absolute atomic E-state index is 5.90. The third kappa shape index (κ3) is 5.43. The quantitative estimate of drug-likeness (QED) is 0.269. The molecule has 0 unspecified atom stereocenters. The van der Waals surface area contributed by atoms with Crippen molar-refractivity contribution >= 4 is 0 Å². The van der Waals surface area contributed by atoms with Crippen LogP contribution in [0.25, 0.3) is 0 Å². The van der Waals surface area contributed by atoms with Crippen LogP contribution in [0, 0.1) is 27.7 Å². The number of aryl methyl sites for hydroxylation is 4. The van der Waals surface area contributed by atoms with Gasteiger partial charge in [-0.3, -0.25) is 0 Å². The van der Waals surface area contributed by atoms with Crippen LogP contribution in [0.4, 0.5) is 0 Å². The molecule has 0 aliphatic heterocycles. The molecule has 0 fully saturated rings. The standard InChI is InChI=1S/C34H42O2/c1-11-17-35-31-23(3)19-29(20-24(31)4)33(7,8)27-13-15-28(16-14-27)34(9,10)30-21-25(5)32(26(6)22-30)36-18-12-2/h11-16,19-22H,1-2,17-18H2,3-10H3. The first-order chi connectivity index (χ1) is 16.9. The lowest BCUT2D eigenvalue weighted by Gasteiger charge is -2.31. The van der Waals surface area contributed by atoms with Crippen molar-refractivity contribution in [3.63, 3.8) is 0 Å². The lowest BCUT2D eigenvalue weighted by molar-refractivity contribution is 0.357. The van der Waals surface area contributed by atoms with Crippen LogP contribution >= 0.6 is 0 Å². The summed E-state index contributed by atoms with van der Waals surface area (Å²) in [5.74, 6) is 1.91. The van der Waals surface area contributed by atoms with E-state index in [1.807, 2.05) is 0 Å². The molecule has 2 nitrogen and oxygen atoms in total. The summed E-state index contributed by atoms with van der Waals surface area (Å²) in [6.45, 7) is 26.2. The van der Waals surface area contributed by atoms with Gasteiger partial charge in [0.05, 0.1) is 0 Å². The van der Waals surface area contributed by atoms with Crippen LogP contribution in [0.15, 0.2) is 73.8 Å². The molecule has 36 heavy (non-hydrogen) atoms. The van der Waals surface area contributed by atoms with Gasteiger partial charge < -0.3 is 9.47 Å². The highest BCUT2D eigenvalue weighted by Crippen LogP contribution is 2.39. The molecule has 2 heteroatoms. The zero-order valence-corrected chi connectivity index (χ0v) is 23.4. The van der Waals surface area contributed by atoms with Crippen LogP contribution in [0.2, 0.25) is 0 Å². The van der Waals surface area contributed by atoms with E-state index in [0.29, 0.717) is 13.2 Å². The second-order valence-electron chi connectivity index (χ2n) is 10.9. The van der Waals surface area contributed by atoms with Gasteiger partial charge in [0.15, 0.2) is 0 Å². The van der Waals surface area contributed by atoms with E-state index in [9.17, 15) is 0 Å². The molecule has 0 bridgehead atoms. The van der Waals surface area contributed by atoms with Crippen molar-refractivity contribution in [3.05, 3.63) is 118 Å². The fourth-order valence-corrected chi connectivity index (χ4v) is 5.00. The molecule has 0 amide bonds. The second kappa shape index (κ2) is 10.8. The number of benzene rings is 3. The third-order valence-electron chi connectivity index (χ3n) is 7.38. The largest absolute Gasteiger partial charge is 0.489 e. The molecular formula is C34H42O2. The predicted molar refractivity (Wildman–Crippen MR) is 154 cm³/mol. The first-order valence-corrected chi connectivity index (χ1v) is 12.7. The van der Waals surface area contributed by atoms with Gasteiger partial charge in [0.25, 0.3) is 0 Å². The Morgan fingerprint density at radius 1 is 0.556 bits per heavy atom. The Hall–Kier alpha value is -3.26. The summed E-state index contributed by atoms with van der Waals surface area (Å²) in [5, 5.41) is 0. The molecule has 0 atom stereocenters. The van der Waals surface area contributed by atoms with Crippen molar-refractivity contribution in [1.29, 1.82) is 0 Å². The van der Waals surface area contributed by atoms with E-state index in [0.717, 1.165) is 33.8 Å². The molecule has 0 N–H and O–H groups in total. The van der Waals surface area contributed by atoms with Gasteiger partial charge in [-0.1, -0.05) is 102 Å². The van der Waals surface area contributed by atoms with E-state index >= 15 is 0 Å². The summed E-state index contributed by atoms with van der Waals surface area (Å²) in [7, 11) is 0. The Kier molecular flexibility index (Phi) is 8.19. The SMILES string of the molecule is C=CCOc1c(C)cc(C(C)(C)c2ccc(C(C)(C)c3cc(C)c(OCC=C)c(C)c3)cc2)cc1C. The van der Waals surface area contributed by atoms with E-state index in [4.69, 9.17) is 9.47 Å². The minimum atomic E-state index is -0.132. The van der Waals surface area contributed by atoms with E-state index in [1.54, 1.807) is 12.2 Å². The monoisotopic (exact) mass is 482 g/mol. The van der Waals surface area contributed by atoms with Crippen molar-refractivity contribution in [2.45, 2.75) is 66.2 Å². The molecule has 0 heterocycles. The van der Waals surface area contributed by atoms with Gasteiger partial charge in [0.2, 0.25) is 0 Å². The van der Waals surface area contributed by atoms with Crippen LogP contribution in [0.3, 0.4) is 0 Å². The molecule has 3 aromatic carbocycles. The van der Waals surface area contributed by atoms with Gasteiger partial charge in [-0.2, -0.15) is 0 Å². The molecular weight excluding hydrogens is 440 g/mol. The Balaban J connectivity index is 1.92. The Bertz CT molecular complexity index is 1100. The third-order valence-corrected chi connectivity index (χ3v) is 7.38. The normalized spacial score (nSPS) is 11.8. The lowest BCUT2D eigenvalue weighted by Crippen LogP contribution is -2.22.